The molecule has 0 radical (unpaired) electrons. The van der Waals surface area contributed by atoms with Gasteiger partial charge in [-0.1, -0.05) is 18.5 Å². The van der Waals surface area contributed by atoms with Gasteiger partial charge in [-0.2, -0.15) is 0 Å². The van der Waals surface area contributed by atoms with Gasteiger partial charge in [0, 0.05) is 12.1 Å². The molecule has 0 spiro atoms. The maximum Gasteiger partial charge on any atom is 0.189 e. The number of rotatable bonds is 4. The minimum atomic E-state index is -0.0397. The van der Waals surface area contributed by atoms with E-state index in [9.17, 15) is 4.79 Å². The second-order valence-electron chi connectivity index (χ2n) is 5.08. The molecule has 3 unspecified atom stereocenters. The van der Waals surface area contributed by atoms with Crippen molar-refractivity contribution in [1.82, 2.24) is 4.90 Å². The topological polar surface area (TPSA) is 20.3 Å². The van der Waals surface area contributed by atoms with Gasteiger partial charge in [-0.25, -0.2) is 0 Å². The Labute approximate surface area is 118 Å². The van der Waals surface area contributed by atoms with Crippen LogP contribution in [0.25, 0.3) is 0 Å². The van der Waals surface area contributed by atoms with Gasteiger partial charge in [-0.05, 0) is 45.2 Å². The summed E-state index contributed by atoms with van der Waals surface area (Å²) in [7, 11) is 0. The monoisotopic (exact) mass is 285 g/mol. The number of thiophene rings is 1. The molecule has 2 heterocycles. The first-order valence-electron chi connectivity index (χ1n) is 6.61. The minimum absolute atomic E-state index is 0.0397. The highest BCUT2D eigenvalue weighted by molar-refractivity contribution is 7.18. The lowest BCUT2D eigenvalue weighted by Gasteiger charge is -2.32. The number of ketones is 1. The molecule has 0 N–H and O–H groups in total. The van der Waals surface area contributed by atoms with Crippen LogP contribution in [0.4, 0.5) is 0 Å². The van der Waals surface area contributed by atoms with Crippen LogP contribution in [0, 0.1) is 0 Å². The Kier molecular flexibility index (Phi) is 4.46. The first-order chi connectivity index (χ1) is 8.54. The number of carbonyl (C=O) groups is 1. The van der Waals surface area contributed by atoms with Crippen molar-refractivity contribution in [2.45, 2.75) is 58.2 Å². The maximum absolute atomic E-state index is 12.5. The molecule has 1 aromatic heterocycles. The smallest absolute Gasteiger partial charge is 0.189 e. The summed E-state index contributed by atoms with van der Waals surface area (Å²) in [5, 5.41) is 0. The third-order valence-electron chi connectivity index (χ3n) is 3.96. The van der Waals surface area contributed by atoms with Gasteiger partial charge in [-0.3, -0.25) is 9.69 Å². The molecule has 18 heavy (non-hydrogen) atoms. The summed E-state index contributed by atoms with van der Waals surface area (Å²) >= 11 is 7.29. The molecule has 1 fully saturated rings. The fourth-order valence-electron chi connectivity index (χ4n) is 2.99. The number of carbonyl (C=O) groups excluding carboxylic acids is 1. The van der Waals surface area contributed by atoms with Crippen molar-refractivity contribution in [2.24, 2.45) is 0 Å². The molecule has 0 aromatic carbocycles. The van der Waals surface area contributed by atoms with Gasteiger partial charge in [0.25, 0.3) is 0 Å². The number of nitrogens with zero attached hydrogens (tertiary/aromatic N) is 1. The van der Waals surface area contributed by atoms with E-state index in [1.54, 1.807) is 6.07 Å². The Morgan fingerprint density at radius 1 is 1.56 bits per heavy atom. The third-order valence-corrected chi connectivity index (χ3v) is 5.21. The van der Waals surface area contributed by atoms with Gasteiger partial charge >= 0.3 is 0 Å². The van der Waals surface area contributed by atoms with Gasteiger partial charge in [0.1, 0.15) is 0 Å². The van der Waals surface area contributed by atoms with Crippen molar-refractivity contribution in [2.75, 3.05) is 0 Å². The molecule has 1 aromatic rings. The van der Waals surface area contributed by atoms with E-state index in [4.69, 9.17) is 11.6 Å². The van der Waals surface area contributed by atoms with Gasteiger partial charge in [-0.15, -0.1) is 11.3 Å². The summed E-state index contributed by atoms with van der Waals surface area (Å²) in [6.45, 7) is 6.45. The van der Waals surface area contributed by atoms with Crippen LogP contribution in [-0.4, -0.2) is 28.8 Å². The highest BCUT2D eigenvalue weighted by Gasteiger charge is 2.36. The molecule has 0 bridgehead atoms. The van der Waals surface area contributed by atoms with E-state index in [-0.39, 0.29) is 11.8 Å². The minimum Gasteiger partial charge on any atom is -0.291 e. The van der Waals surface area contributed by atoms with Crippen LogP contribution in [0.5, 0.6) is 0 Å². The quantitative estimate of drug-likeness (QED) is 0.772. The number of halogens is 1. The molecule has 4 heteroatoms. The van der Waals surface area contributed by atoms with E-state index >= 15 is 0 Å². The van der Waals surface area contributed by atoms with Crippen molar-refractivity contribution in [1.29, 1.82) is 0 Å². The zero-order valence-electron chi connectivity index (χ0n) is 11.1. The van der Waals surface area contributed by atoms with E-state index in [1.165, 1.54) is 24.2 Å². The average Bonchev–Trinajstić information content (AvgIpc) is 2.93. The molecule has 0 aliphatic carbocycles. The first-order valence-corrected chi connectivity index (χ1v) is 7.81. The molecular weight excluding hydrogens is 266 g/mol. The lowest BCUT2D eigenvalue weighted by Crippen LogP contribution is -2.45. The fourth-order valence-corrected chi connectivity index (χ4v) is 4.06. The summed E-state index contributed by atoms with van der Waals surface area (Å²) in [4.78, 5) is 15.6. The number of Topliss-reactive ketones (excluding diaryl/α,β-unsaturated/α-hetero) is 1. The Morgan fingerprint density at radius 3 is 2.83 bits per heavy atom. The van der Waals surface area contributed by atoms with Crippen molar-refractivity contribution < 1.29 is 4.79 Å². The van der Waals surface area contributed by atoms with E-state index in [0.717, 1.165) is 11.3 Å². The van der Waals surface area contributed by atoms with Crippen molar-refractivity contribution in [3.05, 3.63) is 21.3 Å². The lowest BCUT2D eigenvalue weighted by molar-refractivity contribution is 0.0759. The zero-order valence-corrected chi connectivity index (χ0v) is 12.7. The second kappa shape index (κ2) is 5.72. The second-order valence-corrected chi connectivity index (χ2v) is 6.79. The molecule has 100 valence electrons. The van der Waals surface area contributed by atoms with Gasteiger partial charge in [0.05, 0.1) is 15.3 Å². The van der Waals surface area contributed by atoms with Crippen molar-refractivity contribution in [3.8, 4) is 0 Å². The molecule has 1 aliphatic rings. The summed E-state index contributed by atoms with van der Waals surface area (Å²) in [6, 6.07) is 4.66. The predicted octanol–water partition coefficient (Wildman–Crippen LogP) is 4.24. The normalized spacial score (nSPS) is 26.4. The zero-order chi connectivity index (χ0) is 13.3. The highest BCUT2D eigenvalue weighted by atomic mass is 35.5. The van der Waals surface area contributed by atoms with E-state index in [1.807, 2.05) is 13.0 Å². The van der Waals surface area contributed by atoms with Crippen LogP contribution in [-0.2, 0) is 0 Å². The van der Waals surface area contributed by atoms with Crippen LogP contribution in [0.15, 0.2) is 12.1 Å². The molecule has 3 atom stereocenters. The fraction of sp³-hybridized carbons (Fsp3) is 0.643. The molecule has 1 aliphatic heterocycles. The van der Waals surface area contributed by atoms with Crippen LogP contribution >= 0.6 is 22.9 Å². The largest absolute Gasteiger partial charge is 0.291 e. The highest BCUT2D eigenvalue weighted by Crippen LogP contribution is 2.31. The summed E-state index contributed by atoms with van der Waals surface area (Å²) in [6.07, 6.45) is 3.52. The number of hydrogen-bond acceptors (Lipinski definition) is 3. The van der Waals surface area contributed by atoms with Gasteiger partial charge in [0.15, 0.2) is 5.78 Å². The van der Waals surface area contributed by atoms with Crippen molar-refractivity contribution in [3.63, 3.8) is 0 Å². The molecule has 0 amide bonds. The SMILES string of the molecule is CCC1CCC(C)N1C(C)C(=O)c1ccc(Cl)s1. The predicted molar refractivity (Wildman–Crippen MR) is 77.7 cm³/mol. The summed E-state index contributed by atoms with van der Waals surface area (Å²) in [5.74, 6) is 0.208. The Morgan fingerprint density at radius 2 is 2.28 bits per heavy atom. The summed E-state index contributed by atoms with van der Waals surface area (Å²) < 4.78 is 0.687. The number of hydrogen-bond donors (Lipinski definition) is 0. The Hall–Kier alpha value is -0.380. The Bertz CT molecular complexity index is 431. The molecule has 1 saturated heterocycles. The van der Waals surface area contributed by atoms with Crippen LogP contribution in [0.2, 0.25) is 4.34 Å². The molecule has 2 nitrogen and oxygen atoms in total. The number of likely N-dealkylation sites (tertiary alicyclic amines) is 1. The third kappa shape index (κ3) is 2.63. The van der Waals surface area contributed by atoms with E-state index < -0.39 is 0 Å². The Balaban J connectivity index is 2.15. The molecule has 2 rings (SSSR count). The van der Waals surface area contributed by atoms with Crippen LogP contribution in [0.1, 0.15) is 49.7 Å². The average molecular weight is 286 g/mol. The standard InChI is InChI=1S/C14H20ClNOS/c1-4-11-6-5-9(2)16(11)10(3)14(17)12-7-8-13(15)18-12/h7-11H,4-6H2,1-3H3. The maximum atomic E-state index is 12.5. The first kappa shape index (κ1) is 14.0. The lowest BCUT2D eigenvalue weighted by atomic mass is 10.1. The van der Waals surface area contributed by atoms with Crippen LogP contribution in [0.3, 0.4) is 0 Å². The van der Waals surface area contributed by atoms with Gasteiger partial charge < -0.3 is 0 Å². The van der Waals surface area contributed by atoms with E-state index in [2.05, 4.69) is 18.7 Å². The van der Waals surface area contributed by atoms with E-state index in [0.29, 0.717) is 16.4 Å². The van der Waals surface area contributed by atoms with Gasteiger partial charge in [0.2, 0.25) is 0 Å². The van der Waals surface area contributed by atoms with Crippen molar-refractivity contribution >= 4 is 28.7 Å². The molecular formula is C14H20ClNOS. The summed E-state index contributed by atoms with van der Waals surface area (Å²) in [5.41, 5.74) is 0. The molecule has 0 saturated carbocycles. The van der Waals surface area contributed by atoms with Crippen LogP contribution < -0.4 is 0 Å².